The highest BCUT2D eigenvalue weighted by molar-refractivity contribution is 7.89. The van der Waals surface area contributed by atoms with E-state index in [1.807, 2.05) is 97.9 Å². The number of fused-ring (bicyclic) bond motifs is 1. The second kappa shape index (κ2) is 16.8. The number of carbonyl (C=O) groups excluding carboxylic acids is 3. The van der Waals surface area contributed by atoms with Crippen molar-refractivity contribution in [1.82, 2.24) is 20.3 Å². The van der Waals surface area contributed by atoms with Gasteiger partial charge in [0.1, 0.15) is 6.04 Å². The lowest BCUT2D eigenvalue weighted by Crippen LogP contribution is -2.58. The van der Waals surface area contributed by atoms with Gasteiger partial charge in [0.05, 0.1) is 17.0 Å². The average Bonchev–Trinajstić information content (AvgIpc) is 3.55. The first-order valence-corrected chi connectivity index (χ1v) is 19.7. The number of aryl methyl sites for hydroxylation is 1. The van der Waals surface area contributed by atoms with E-state index < -0.39 is 34.1 Å². The second-order valence-electron chi connectivity index (χ2n) is 14.1. The number of carbonyl (C=O) groups is 3. The SMILES string of the molecule is CN[C@H](Cc1ccccc1)C(=O)N[C@@H]1C(=O)N2[C@@H](CC[C@@H]1CNS(=O)(=O)c1ccc(C)cc1)CC[C@H]2C(=O)CC(c1ccccc1)c1ccccc1. The summed E-state index contributed by atoms with van der Waals surface area (Å²) in [5, 5.41) is 6.13. The van der Waals surface area contributed by atoms with Gasteiger partial charge in [0.15, 0.2) is 5.78 Å². The van der Waals surface area contributed by atoms with Crippen LogP contribution in [0, 0.1) is 12.8 Å². The van der Waals surface area contributed by atoms with Crippen LogP contribution in [-0.2, 0) is 30.8 Å². The summed E-state index contributed by atoms with van der Waals surface area (Å²) in [4.78, 5) is 44.9. The molecule has 0 aromatic heterocycles. The third-order valence-corrected chi connectivity index (χ3v) is 12.1. The van der Waals surface area contributed by atoms with Crippen LogP contribution in [-0.4, -0.2) is 68.7 Å². The minimum absolute atomic E-state index is 0.0191. The highest BCUT2D eigenvalue weighted by Crippen LogP contribution is 2.37. The minimum Gasteiger partial charge on any atom is -0.343 e. The van der Waals surface area contributed by atoms with Gasteiger partial charge in [-0.2, -0.15) is 0 Å². The minimum atomic E-state index is -3.88. The number of hydrogen-bond acceptors (Lipinski definition) is 6. The fourth-order valence-electron chi connectivity index (χ4n) is 7.73. The molecular formula is C42H48N4O5S. The average molecular weight is 721 g/mol. The number of likely N-dealkylation sites (N-methyl/N-ethyl adjacent to an activating group) is 1. The number of sulfonamides is 1. The summed E-state index contributed by atoms with van der Waals surface area (Å²) in [6, 6.07) is 33.6. The number of Topliss-reactive ketones (excluding diaryl/α,β-unsaturated/α-hetero) is 1. The maximum Gasteiger partial charge on any atom is 0.246 e. The quantitative estimate of drug-likeness (QED) is 0.166. The van der Waals surface area contributed by atoms with E-state index in [-0.39, 0.29) is 47.4 Å². The Balaban J connectivity index is 1.26. The van der Waals surface area contributed by atoms with Crippen molar-refractivity contribution >= 4 is 27.6 Å². The van der Waals surface area contributed by atoms with E-state index in [2.05, 4.69) is 15.4 Å². The van der Waals surface area contributed by atoms with Crippen molar-refractivity contribution < 1.29 is 22.8 Å². The van der Waals surface area contributed by atoms with Crippen LogP contribution in [0.3, 0.4) is 0 Å². The van der Waals surface area contributed by atoms with Gasteiger partial charge in [-0.05, 0) is 74.9 Å². The van der Waals surface area contributed by atoms with Crippen LogP contribution in [0.1, 0.15) is 60.3 Å². The number of amides is 2. The first-order valence-electron chi connectivity index (χ1n) is 18.2. The smallest absolute Gasteiger partial charge is 0.246 e. The molecule has 2 saturated heterocycles. The van der Waals surface area contributed by atoms with E-state index in [1.165, 1.54) is 0 Å². The number of benzene rings is 4. The summed E-state index contributed by atoms with van der Waals surface area (Å²) < 4.78 is 29.5. The molecule has 2 amide bonds. The van der Waals surface area contributed by atoms with Crippen molar-refractivity contribution in [1.29, 1.82) is 0 Å². The van der Waals surface area contributed by atoms with Crippen molar-refractivity contribution in [3.63, 3.8) is 0 Å². The molecule has 0 unspecified atom stereocenters. The first kappa shape index (κ1) is 37.1. The van der Waals surface area contributed by atoms with Crippen LogP contribution in [0.2, 0.25) is 0 Å². The van der Waals surface area contributed by atoms with Crippen molar-refractivity contribution in [2.45, 2.75) is 80.4 Å². The molecule has 2 heterocycles. The van der Waals surface area contributed by atoms with Crippen molar-refractivity contribution in [3.05, 3.63) is 138 Å². The molecule has 4 aromatic carbocycles. The Labute approximate surface area is 307 Å². The zero-order chi connectivity index (χ0) is 36.7. The third-order valence-electron chi connectivity index (χ3n) is 10.7. The molecule has 2 fully saturated rings. The summed E-state index contributed by atoms with van der Waals surface area (Å²) in [6.45, 7) is 1.84. The fraction of sp³-hybridized carbons (Fsp3) is 0.357. The summed E-state index contributed by atoms with van der Waals surface area (Å²) in [5.41, 5.74) is 3.96. The molecule has 0 radical (unpaired) electrons. The predicted octanol–water partition coefficient (Wildman–Crippen LogP) is 5.15. The van der Waals surface area contributed by atoms with E-state index in [9.17, 15) is 22.8 Å². The second-order valence-corrected chi connectivity index (χ2v) is 15.8. The highest BCUT2D eigenvalue weighted by atomic mass is 32.2. The summed E-state index contributed by atoms with van der Waals surface area (Å²) in [7, 11) is -2.18. The summed E-state index contributed by atoms with van der Waals surface area (Å²) in [6.07, 6.45) is 2.94. The lowest BCUT2D eigenvalue weighted by atomic mass is 9.85. The number of nitrogens with one attached hydrogen (secondary N) is 3. The van der Waals surface area contributed by atoms with Crippen LogP contribution >= 0.6 is 0 Å². The van der Waals surface area contributed by atoms with Gasteiger partial charge >= 0.3 is 0 Å². The topological polar surface area (TPSA) is 125 Å². The van der Waals surface area contributed by atoms with Gasteiger partial charge in [0.25, 0.3) is 0 Å². The molecule has 0 bridgehead atoms. The Morgan fingerprint density at radius 1 is 0.788 bits per heavy atom. The van der Waals surface area contributed by atoms with E-state index >= 15 is 0 Å². The molecule has 0 aliphatic carbocycles. The highest BCUT2D eigenvalue weighted by Gasteiger charge is 2.48. The molecule has 3 N–H and O–H groups in total. The van der Waals surface area contributed by atoms with Gasteiger partial charge < -0.3 is 15.5 Å². The summed E-state index contributed by atoms with van der Waals surface area (Å²) in [5.74, 6) is -1.42. The van der Waals surface area contributed by atoms with Crippen molar-refractivity contribution in [2.24, 2.45) is 5.92 Å². The molecule has 5 atom stereocenters. The predicted molar refractivity (Wildman–Crippen MR) is 202 cm³/mol. The molecule has 272 valence electrons. The molecule has 2 aliphatic rings. The number of ketones is 1. The van der Waals surface area contributed by atoms with E-state index in [0.29, 0.717) is 32.1 Å². The van der Waals surface area contributed by atoms with E-state index in [0.717, 1.165) is 22.3 Å². The zero-order valence-electron chi connectivity index (χ0n) is 29.8. The van der Waals surface area contributed by atoms with Crippen LogP contribution in [0.25, 0.3) is 0 Å². The van der Waals surface area contributed by atoms with Crippen LogP contribution in [0.5, 0.6) is 0 Å². The molecule has 10 heteroatoms. The van der Waals surface area contributed by atoms with Crippen LogP contribution in [0.4, 0.5) is 0 Å². The van der Waals surface area contributed by atoms with Gasteiger partial charge in [-0.15, -0.1) is 0 Å². The summed E-state index contributed by atoms with van der Waals surface area (Å²) >= 11 is 0. The number of nitrogens with zero attached hydrogens (tertiary/aromatic N) is 1. The molecule has 52 heavy (non-hydrogen) atoms. The van der Waals surface area contributed by atoms with E-state index in [1.54, 1.807) is 36.2 Å². The van der Waals surface area contributed by atoms with E-state index in [4.69, 9.17) is 0 Å². The molecule has 6 rings (SSSR count). The Bertz CT molecular complexity index is 1880. The maximum atomic E-state index is 14.8. The largest absolute Gasteiger partial charge is 0.343 e. The monoisotopic (exact) mass is 720 g/mol. The molecule has 0 spiro atoms. The van der Waals surface area contributed by atoms with Gasteiger partial charge in [0, 0.05) is 30.8 Å². The van der Waals surface area contributed by atoms with Crippen molar-refractivity contribution in [2.75, 3.05) is 13.6 Å². The Kier molecular flexibility index (Phi) is 12.0. The van der Waals surface area contributed by atoms with Gasteiger partial charge in [-0.1, -0.05) is 109 Å². The molecular weight excluding hydrogens is 673 g/mol. The van der Waals surface area contributed by atoms with Gasteiger partial charge in [0.2, 0.25) is 21.8 Å². The lowest BCUT2D eigenvalue weighted by Gasteiger charge is -2.33. The number of rotatable bonds is 14. The van der Waals surface area contributed by atoms with Crippen molar-refractivity contribution in [3.8, 4) is 0 Å². The number of hydrogen-bond donors (Lipinski definition) is 3. The molecule has 2 aliphatic heterocycles. The van der Waals surface area contributed by atoms with Crippen LogP contribution < -0.4 is 15.4 Å². The lowest BCUT2D eigenvalue weighted by molar-refractivity contribution is -0.143. The Hall–Kier alpha value is -4.64. The molecule has 0 saturated carbocycles. The van der Waals surface area contributed by atoms with Crippen LogP contribution in [0.15, 0.2) is 120 Å². The van der Waals surface area contributed by atoms with Gasteiger partial charge in [-0.3, -0.25) is 14.4 Å². The Morgan fingerprint density at radius 3 is 1.96 bits per heavy atom. The first-order chi connectivity index (χ1) is 25.1. The normalized spacial score (nSPS) is 21.0. The molecule has 4 aromatic rings. The Morgan fingerprint density at radius 2 is 1.37 bits per heavy atom. The third kappa shape index (κ3) is 8.69. The maximum absolute atomic E-state index is 14.8. The standard InChI is InChI=1S/C42H48N4O5S/c1-29-18-23-35(24-19-29)52(50,51)44-28-33-20-21-34-22-25-38(39(47)27-36(31-14-8-4-9-15-31)32-16-10-5-11-17-32)46(34)42(49)40(33)45-41(48)37(43-2)26-30-12-6-3-7-13-30/h3-19,23-24,33-34,36-38,40,43-44H,20-22,25-28H2,1-2H3,(H,45,48)/t33-,34+,37-,38+,40+/m1/s1. The van der Waals surface area contributed by atoms with Gasteiger partial charge in [-0.25, -0.2) is 13.1 Å². The fourth-order valence-corrected chi connectivity index (χ4v) is 8.83. The zero-order valence-corrected chi connectivity index (χ0v) is 30.6. The molecule has 9 nitrogen and oxygen atoms in total.